The van der Waals surface area contributed by atoms with Crippen molar-refractivity contribution < 1.29 is 19.8 Å². The van der Waals surface area contributed by atoms with Crippen LogP contribution in [0.25, 0.3) is 0 Å². The van der Waals surface area contributed by atoms with Gasteiger partial charge in [0.15, 0.2) is 5.41 Å². The van der Waals surface area contributed by atoms with Crippen LogP contribution >= 0.6 is 11.3 Å². The molecular formula is C11H16N2O4S. The van der Waals surface area contributed by atoms with E-state index in [4.69, 9.17) is 15.9 Å². The molecule has 0 saturated carbocycles. The molecule has 1 aromatic rings. The summed E-state index contributed by atoms with van der Waals surface area (Å²) in [5.74, 6) is -2.70. The molecule has 0 spiro atoms. The van der Waals surface area contributed by atoms with Crippen molar-refractivity contribution in [3.63, 3.8) is 0 Å². The normalized spacial score (nSPS) is 13.3. The first-order chi connectivity index (χ1) is 8.25. The molecule has 7 heteroatoms. The Bertz CT molecular complexity index is 442. The number of thiazole rings is 1. The molecule has 0 saturated heterocycles. The number of nitrogens with zero attached hydrogens (tertiary/aromatic N) is 1. The number of aromatic nitrogens is 1. The molecule has 1 heterocycles. The number of carboxylic acid groups (broad SMARTS) is 2. The van der Waals surface area contributed by atoms with E-state index in [9.17, 15) is 9.59 Å². The van der Waals surface area contributed by atoms with Gasteiger partial charge in [-0.1, -0.05) is 0 Å². The lowest BCUT2D eigenvalue weighted by atomic mass is 9.87. The van der Waals surface area contributed by atoms with E-state index in [-0.39, 0.29) is 12.5 Å². The molecule has 0 aliphatic rings. The Balaban J connectivity index is 2.86. The molecule has 100 valence electrons. The average molecular weight is 272 g/mol. The minimum Gasteiger partial charge on any atom is -0.480 e. The van der Waals surface area contributed by atoms with Crippen LogP contribution in [-0.2, 0) is 22.4 Å². The van der Waals surface area contributed by atoms with E-state index in [1.807, 2.05) is 6.92 Å². The number of carbonyl (C=O) groups is 2. The molecule has 0 bridgehead atoms. The third kappa shape index (κ3) is 3.27. The van der Waals surface area contributed by atoms with Gasteiger partial charge in [-0.15, -0.1) is 11.3 Å². The largest absolute Gasteiger partial charge is 0.480 e. The number of nitrogens with two attached hydrogens (primary N) is 1. The van der Waals surface area contributed by atoms with Crippen LogP contribution in [-0.4, -0.2) is 33.2 Å². The van der Waals surface area contributed by atoms with E-state index in [0.29, 0.717) is 11.3 Å². The van der Waals surface area contributed by atoms with Gasteiger partial charge in [-0.2, -0.15) is 0 Å². The second kappa shape index (κ2) is 5.45. The second-order valence-corrected chi connectivity index (χ2v) is 5.72. The summed E-state index contributed by atoms with van der Waals surface area (Å²) in [4.78, 5) is 26.8. The highest BCUT2D eigenvalue weighted by Gasteiger charge is 2.42. The predicted octanol–water partition coefficient (Wildman–Crippen LogP) is 0.751. The number of carboxylic acids is 2. The smallest absolute Gasteiger partial charge is 0.321 e. The van der Waals surface area contributed by atoms with Crippen molar-refractivity contribution in [3.05, 3.63) is 16.1 Å². The monoisotopic (exact) mass is 272 g/mol. The zero-order chi connectivity index (χ0) is 13.9. The van der Waals surface area contributed by atoms with Crippen molar-refractivity contribution in [2.75, 3.05) is 0 Å². The summed E-state index contributed by atoms with van der Waals surface area (Å²) in [6, 6.07) is -0.0330. The SMILES string of the molecule is CC(N)Cc1ncc(CC(C)(C(=O)O)C(=O)O)s1. The van der Waals surface area contributed by atoms with E-state index in [1.54, 1.807) is 0 Å². The van der Waals surface area contributed by atoms with Crippen molar-refractivity contribution in [1.29, 1.82) is 0 Å². The summed E-state index contributed by atoms with van der Waals surface area (Å²) in [5.41, 5.74) is 3.81. The van der Waals surface area contributed by atoms with E-state index in [0.717, 1.165) is 5.01 Å². The second-order valence-electron chi connectivity index (χ2n) is 4.52. The Morgan fingerprint density at radius 1 is 1.50 bits per heavy atom. The minimum atomic E-state index is -1.82. The summed E-state index contributed by atoms with van der Waals surface area (Å²) < 4.78 is 0. The third-order valence-corrected chi connectivity index (χ3v) is 3.59. The molecular weight excluding hydrogens is 256 g/mol. The lowest BCUT2D eigenvalue weighted by molar-refractivity contribution is -0.163. The maximum Gasteiger partial charge on any atom is 0.321 e. The van der Waals surface area contributed by atoms with Crippen molar-refractivity contribution in [2.24, 2.45) is 11.1 Å². The van der Waals surface area contributed by atoms with Gasteiger partial charge >= 0.3 is 11.9 Å². The van der Waals surface area contributed by atoms with Crippen molar-refractivity contribution in [3.8, 4) is 0 Å². The van der Waals surface area contributed by atoms with Crippen LogP contribution in [0.2, 0.25) is 0 Å². The van der Waals surface area contributed by atoms with Crippen molar-refractivity contribution >= 4 is 23.3 Å². The molecule has 6 nitrogen and oxygen atoms in total. The topological polar surface area (TPSA) is 114 Å². The zero-order valence-electron chi connectivity index (χ0n) is 10.2. The van der Waals surface area contributed by atoms with Gasteiger partial charge in [0.2, 0.25) is 0 Å². The molecule has 0 aliphatic heterocycles. The molecule has 1 aromatic heterocycles. The van der Waals surface area contributed by atoms with Crippen molar-refractivity contribution in [2.45, 2.75) is 32.7 Å². The molecule has 1 unspecified atom stereocenters. The van der Waals surface area contributed by atoms with Gasteiger partial charge < -0.3 is 15.9 Å². The highest BCUT2D eigenvalue weighted by Crippen LogP contribution is 2.27. The highest BCUT2D eigenvalue weighted by atomic mass is 32.1. The number of aliphatic carboxylic acids is 2. The van der Waals surface area contributed by atoms with E-state index >= 15 is 0 Å². The molecule has 0 aromatic carbocycles. The van der Waals surface area contributed by atoms with E-state index in [2.05, 4.69) is 4.98 Å². The maximum absolute atomic E-state index is 11.0. The van der Waals surface area contributed by atoms with Crippen molar-refractivity contribution in [1.82, 2.24) is 4.98 Å². The van der Waals surface area contributed by atoms with Gasteiger partial charge in [-0.3, -0.25) is 9.59 Å². The lowest BCUT2D eigenvalue weighted by Crippen LogP contribution is -2.38. The quantitative estimate of drug-likeness (QED) is 0.658. The summed E-state index contributed by atoms with van der Waals surface area (Å²) in [6.45, 7) is 3.04. The van der Waals surface area contributed by atoms with Gasteiger partial charge in [-0.05, 0) is 13.8 Å². The Hall–Kier alpha value is -1.47. The van der Waals surface area contributed by atoms with Crippen LogP contribution in [0.3, 0.4) is 0 Å². The molecule has 0 fully saturated rings. The van der Waals surface area contributed by atoms with Gasteiger partial charge in [-0.25, -0.2) is 4.98 Å². The number of hydrogen-bond acceptors (Lipinski definition) is 5. The molecule has 0 radical (unpaired) electrons. The van der Waals surface area contributed by atoms with Crippen LogP contribution in [0.5, 0.6) is 0 Å². The average Bonchev–Trinajstić information content (AvgIpc) is 2.63. The summed E-state index contributed by atoms with van der Waals surface area (Å²) in [6.07, 6.45) is 2.04. The van der Waals surface area contributed by atoms with E-state index < -0.39 is 17.4 Å². The highest BCUT2D eigenvalue weighted by molar-refractivity contribution is 7.11. The van der Waals surface area contributed by atoms with Crippen LogP contribution in [0.15, 0.2) is 6.20 Å². The van der Waals surface area contributed by atoms with E-state index in [1.165, 1.54) is 24.5 Å². The van der Waals surface area contributed by atoms with Crippen LogP contribution in [0.1, 0.15) is 23.7 Å². The first-order valence-electron chi connectivity index (χ1n) is 5.41. The van der Waals surface area contributed by atoms with Gasteiger partial charge in [0, 0.05) is 30.0 Å². The Morgan fingerprint density at radius 3 is 2.50 bits per heavy atom. The summed E-state index contributed by atoms with van der Waals surface area (Å²) in [7, 11) is 0. The molecule has 4 N–H and O–H groups in total. The fourth-order valence-electron chi connectivity index (χ4n) is 1.39. The minimum absolute atomic E-state index is 0.0330. The fourth-order valence-corrected chi connectivity index (χ4v) is 2.61. The zero-order valence-corrected chi connectivity index (χ0v) is 11.0. The maximum atomic E-state index is 11.0. The van der Waals surface area contributed by atoms with Crippen LogP contribution < -0.4 is 5.73 Å². The standard InChI is InChI=1S/C11H16N2O4S/c1-6(12)3-8-13-5-7(18-8)4-11(2,9(14)15)10(16)17/h5-6H,3-4,12H2,1-2H3,(H,14,15)(H,16,17). The lowest BCUT2D eigenvalue weighted by Gasteiger charge is -2.17. The Kier molecular flexibility index (Phi) is 4.42. The molecule has 0 aliphatic carbocycles. The fraction of sp³-hybridized carbons (Fsp3) is 0.545. The molecule has 1 rings (SSSR count). The third-order valence-electron chi connectivity index (χ3n) is 2.57. The molecule has 0 amide bonds. The Morgan fingerprint density at radius 2 is 2.06 bits per heavy atom. The molecule has 18 heavy (non-hydrogen) atoms. The van der Waals surface area contributed by atoms with Gasteiger partial charge in [0.1, 0.15) is 0 Å². The first kappa shape index (κ1) is 14.6. The summed E-state index contributed by atoms with van der Waals surface area (Å²) in [5, 5.41) is 18.8. The number of hydrogen-bond donors (Lipinski definition) is 3. The molecule has 1 atom stereocenters. The van der Waals surface area contributed by atoms with Crippen LogP contribution in [0, 0.1) is 5.41 Å². The number of rotatable bonds is 6. The summed E-state index contributed by atoms with van der Waals surface area (Å²) >= 11 is 1.31. The van der Waals surface area contributed by atoms with Gasteiger partial charge in [0.25, 0.3) is 0 Å². The van der Waals surface area contributed by atoms with Gasteiger partial charge in [0.05, 0.1) is 5.01 Å². The first-order valence-corrected chi connectivity index (χ1v) is 6.23. The Labute approximate surface area is 108 Å². The predicted molar refractivity (Wildman–Crippen MR) is 66.6 cm³/mol. The van der Waals surface area contributed by atoms with Crippen LogP contribution in [0.4, 0.5) is 0 Å².